The topological polar surface area (TPSA) is 97.9 Å². The van der Waals surface area contributed by atoms with Crippen molar-refractivity contribution < 1.29 is 4.79 Å². The van der Waals surface area contributed by atoms with Gasteiger partial charge in [0, 0.05) is 13.2 Å². The summed E-state index contributed by atoms with van der Waals surface area (Å²) in [5, 5.41) is 6.99. The van der Waals surface area contributed by atoms with Gasteiger partial charge in [0.2, 0.25) is 0 Å². The van der Waals surface area contributed by atoms with Gasteiger partial charge in [0.15, 0.2) is 0 Å². The summed E-state index contributed by atoms with van der Waals surface area (Å²) in [5.74, 6) is 5.24. The number of anilines is 1. The van der Waals surface area contributed by atoms with Gasteiger partial charge in [0.1, 0.15) is 11.5 Å². The van der Waals surface area contributed by atoms with Crippen LogP contribution >= 0.6 is 11.6 Å². The zero-order chi connectivity index (χ0) is 13.8. The highest BCUT2D eigenvalue weighted by molar-refractivity contribution is 6.33. The number of aryl methyl sites for hydroxylation is 1. The number of hydrogen-bond acceptors (Lipinski definition) is 5. The molecule has 0 bridgehead atoms. The van der Waals surface area contributed by atoms with E-state index >= 15 is 0 Å². The van der Waals surface area contributed by atoms with E-state index in [0.717, 1.165) is 5.69 Å². The van der Waals surface area contributed by atoms with Gasteiger partial charge in [-0.1, -0.05) is 11.6 Å². The summed E-state index contributed by atoms with van der Waals surface area (Å²) in [7, 11) is 1.80. The molecule has 7 nitrogen and oxygen atoms in total. The van der Waals surface area contributed by atoms with Crippen LogP contribution < -0.4 is 16.6 Å². The third kappa shape index (κ3) is 3.01. The van der Waals surface area contributed by atoms with E-state index in [1.54, 1.807) is 30.1 Å². The molecule has 1 amide bonds. The summed E-state index contributed by atoms with van der Waals surface area (Å²) >= 11 is 5.93. The molecule has 0 unspecified atom stereocenters. The number of aromatic nitrogens is 3. The lowest BCUT2D eigenvalue weighted by Gasteiger charge is -2.08. The van der Waals surface area contributed by atoms with Crippen LogP contribution in [0.5, 0.6) is 0 Å². The number of nitrogens with one attached hydrogen (secondary N) is 2. The van der Waals surface area contributed by atoms with Crippen LogP contribution in [0.25, 0.3) is 0 Å². The fourth-order valence-corrected chi connectivity index (χ4v) is 1.70. The molecule has 0 aliphatic rings. The molecule has 0 saturated heterocycles. The molecular weight excluding hydrogens is 268 g/mol. The number of nitrogens with two attached hydrogens (primary N) is 1. The van der Waals surface area contributed by atoms with Gasteiger partial charge in [0.25, 0.3) is 5.91 Å². The fraction of sp³-hybridized carbons (Fsp3) is 0.182. The summed E-state index contributed by atoms with van der Waals surface area (Å²) in [4.78, 5) is 16.0. The number of carbonyl (C=O) groups excluding carboxylic acids is 1. The van der Waals surface area contributed by atoms with Crippen LogP contribution in [0.15, 0.2) is 24.4 Å². The molecule has 0 fully saturated rings. The summed E-state index contributed by atoms with van der Waals surface area (Å²) in [6.07, 6.45) is 1.66. The molecule has 0 atom stereocenters. The third-order valence-corrected chi connectivity index (χ3v) is 2.87. The molecule has 2 heterocycles. The van der Waals surface area contributed by atoms with Crippen LogP contribution in [0.1, 0.15) is 16.2 Å². The Bertz CT molecular complexity index is 597. The van der Waals surface area contributed by atoms with Gasteiger partial charge in [-0.2, -0.15) is 5.10 Å². The van der Waals surface area contributed by atoms with E-state index in [1.807, 2.05) is 6.07 Å². The molecule has 2 aromatic rings. The molecule has 4 N–H and O–H groups in total. The molecular formula is C11H13ClN6O. The van der Waals surface area contributed by atoms with Crippen molar-refractivity contribution >= 4 is 23.3 Å². The van der Waals surface area contributed by atoms with Crippen molar-refractivity contribution in [1.29, 1.82) is 0 Å². The van der Waals surface area contributed by atoms with Crippen molar-refractivity contribution in [2.75, 3.05) is 5.43 Å². The minimum Gasteiger partial charge on any atom is -0.345 e. The Morgan fingerprint density at radius 1 is 1.47 bits per heavy atom. The number of amides is 1. The van der Waals surface area contributed by atoms with Crippen LogP contribution in [0.4, 0.5) is 5.82 Å². The van der Waals surface area contributed by atoms with Crippen molar-refractivity contribution in [3.63, 3.8) is 0 Å². The second-order valence-electron chi connectivity index (χ2n) is 3.80. The van der Waals surface area contributed by atoms with Crippen LogP contribution in [-0.2, 0) is 13.6 Å². The lowest BCUT2D eigenvalue weighted by Crippen LogP contribution is -2.25. The molecule has 0 aliphatic heterocycles. The van der Waals surface area contributed by atoms with E-state index in [4.69, 9.17) is 17.4 Å². The minimum atomic E-state index is -0.372. The minimum absolute atomic E-state index is 0.124. The molecule has 0 spiro atoms. The number of hydrogen-bond donors (Lipinski definition) is 3. The molecule has 0 aliphatic carbocycles. The van der Waals surface area contributed by atoms with Crippen LogP contribution in [0, 0.1) is 0 Å². The van der Waals surface area contributed by atoms with E-state index in [1.165, 1.54) is 0 Å². The maximum atomic E-state index is 12.0. The highest BCUT2D eigenvalue weighted by Crippen LogP contribution is 2.16. The van der Waals surface area contributed by atoms with Gasteiger partial charge in [-0.15, -0.1) is 0 Å². The van der Waals surface area contributed by atoms with Crippen LogP contribution in [0.2, 0.25) is 5.02 Å². The van der Waals surface area contributed by atoms with Crippen molar-refractivity contribution in [2.24, 2.45) is 12.9 Å². The van der Waals surface area contributed by atoms with Crippen LogP contribution in [-0.4, -0.2) is 20.7 Å². The molecule has 100 valence electrons. The predicted molar refractivity (Wildman–Crippen MR) is 71.4 cm³/mol. The standard InChI is InChI=1S/C11H13ClN6O/c1-18-7(4-5-15-18)6-14-11(19)10-8(12)2-3-9(16-10)17-13/h2-5H,6,13H2,1H3,(H,14,19)(H,16,17). The summed E-state index contributed by atoms with van der Waals surface area (Å²) < 4.78 is 1.67. The Balaban J connectivity index is 2.10. The molecule has 0 aromatic carbocycles. The monoisotopic (exact) mass is 280 g/mol. The molecule has 2 rings (SSSR count). The van der Waals surface area contributed by atoms with Crippen molar-refractivity contribution in [3.8, 4) is 0 Å². The largest absolute Gasteiger partial charge is 0.345 e. The summed E-state index contributed by atoms with van der Waals surface area (Å²) in [6, 6.07) is 4.95. The SMILES string of the molecule is Cn1nccc1CNC(=O)c1nc(NN)ccc1Cl. The van der Waals surface area contributed by atoms with Gasteiger partial charge in [-0.25, -0.2) is 10.8 Å². The maximum Gasteiger partial charge on any atom is 0.271 e. The highest BCUT2D eigenvalue weighted by atomic mass is 35.5. The average molecular weight is 281 g/mol. The number of pyridine rings is 1. The first-order valence-electron chi connectivity index (χ1n) is 5.50. The zero-order valence-corrected chi connectivity index (χ0v) is 11.0. The smallest absolute Gasteiger partial charge is 0.271 e. The fourth-order valence-electron chi connectivity index (χ4n) is 1.51. The second-order valence-corrected chi connectivity index (χ2v) is 4.21. The summed E-state index contributed by atoms with van der Waals surface area (Å²) in [6.45, 7) is 0.341. The number of nitrogen functional groups attached to an aromatic ring is 1. The van der Waals surface area contributed by atoms with Crippen molar-refractivity contribution in [2.45, 2.75) is 6.54 Å². The summed E-state index contributed by atoms with van der Waals surface area (Å²) in [5.41, 5.74) is 3.36. The molecule has 0 radical (unpaired) electrons. The Labute approximate surface area is 114 Å². The first-order valence-corrected chi connectivity index (χ1v) is 5.88. The normalized spacial score (nSPS) is 10.3. The Morgan fingerprint density at radius 2 is 2.26 bits per heavy atom. The van der Waals surface area contributed by atoms with Gasteiger partial charge >= 0.3 is 0 Å². The van der Waals surface area contributed by atoms with Gasteiger partial charge in [-0.05, 0) is 18.2 Å². The van der Waals surface area contributed by atoms with E-state index in [-0.39, 0.29) is 16.6 Å². The molecule has 19 heavy (non-hydrogen) atoms. The molecule has 8 heteroatoms. The number of hydrazine groups is 1. The quantitative estimate of drug-likeness (QED) is 0.565. The lowest BCUT2D eigenvalue weighted by atomic mass is 10.3. The van der Waals surface area contributed by atoms with Crippen molar-refractivity contribution in [3.05, 3.63) is 40.8 Å². The molecule has 0 saturated carbocycles. The third-order valence-electron chi connectivity index (χ3n) is 2.56. The highest BCUT2D eigenvalue weighted by Gasteiger charge is 2.13. The molecule has 2 aromatic heterocycles. The zero-order valence-electron chi connectivity index (χ0n) is 10.2. The van der Waals surface area contributed by atoms with Crippen LogP contribution in [0.3, 0.4) is 0 Å². The van der Waals surface area contributed by atoms with E-state index in [0.29, 0.717) is 12.4 Å². The maximum absolute atomic E-state index is 12.0. The van der Waals surface area contributed by atoms with Crippen molar-refractivity contribution in [1.82, 2.24) is 20.1 Å². The second kappa shape index (κ2) is 5.68. The van der Waals surface area contributed by atoms with E-state index < -0.39 is 0 Å². The number of nitrogens with zero attached hydrogens (tertiary/aromatic N) is 3. The Morgan fingerprint density at radius 3 is 2.89 bits per heavy atom. The van der Waals surface area contributed by atoms with E-state index in [2.05, 4.69) is 20.8 Å². The van der Waals surface area contributed by atoms with Gasteiger partial charge < -0.3 is 10.7 Å². The first-order chi connectivity index (χ1) is 9.11. The Kier molecular flexibility index (Phi) is 3.98. The Hall–Kier alpha value is -2.12. The number of halogens is 1. The first kappa shape index (κ1) is 13.3. The number of rotatable bonds is 4. The van der Waals surface area contributed by atoms with E-state index in [9.17, 15) is 4.79 Å². The predicted octanol–water partition coefficient (Wildman–Crippen LogP) is 0.684. The van der Waals surface area contributed by atoms with Gasteiger partial charge in [0.05, 0.1) is 17.3 Å². The number of carbonyl (C=O) groups is 1. The lowest BCUT2D eigenvalue weighted by molar-refractivity contribution is 0.0945. The average Bonchev–Trinajstić information content (AvgIpc) is 2.82. The van der Waals surface area contributed by atoms with Gasteiger partial charge in [-0.3, -0.25) is 9.48 Å².